The van der Waals surface area contributed by atoms with Gasteiger partial charge >= 0.3 is 17.8 Å². The average Bonchev–Trinajstić information content (AvgIpc) is 3.05. The molecule has 6 aromatic rings. The smallest absolute Gasteiger partial charge is 0.444 e. The maximum absolute atomic E-state index is 12.5. The van der Waals surface area contributed by atoms with Gasteiger partial charge in [-0.1, -0.05) is 24.3 Å². The van der Waals surface area contributed by atoms with Crippen LogP contribution < -0.4 is 20.7 Å². The average molecular weight is 776 g/mol. The molecule has 0 atom stereocenters. The largest absolute Gasteiger partial charge is 0.545 e. The summed E-state index contributed by atoms with van der Waals surface area (Å²) >= 11 is 0. The number of fused-ring (bicyclic) bond motifs is 2. The molecular formula is C29H20N8NaO11S3. The second kappa shape index (κ2) is 14.2. The van der Waals surface area contributed by atoms with E-state index in [1.165, 1.54) is 53.2 Å². The van der Waals surface area contributed by atoms with Gasteiger partial charge in [-0.3, -0.25) is 13.7 Å². The Bertz CT molecular complexity index is 2820. The summed E-state index contributed by atoms with van der Waals surface area (Å²) in [6, 6.07) is 14.5. The van der Waals surface area contributed by atoms with Crippen LogP contribution in [-0.4, -0.2) is 89.4 Å². The zero-order chi connectivity index (χ0) is 36.9. The van der Waals surface area contributed by atoms with E-state index in [0.29, 0.717) is 0 Å². The Morgan fingerprint density at radius 3 is 2.06 bits per heavy atom. The maximum Gasteiger partial charge on any atom is 0.444 e. The first-order valence-corrected chi connectivity index (χ1v) is 18.2. The number of hydrogen-bond donors (Lipinski definition) is 5. The van der Waals surface area contributed by atoms with E-state index in [2.05, 4.69) is 30.5 Å². The van der Waals surface area contributed by atoms with Crippen molar-refractivity contribution in [1.82, 2.24) is 15.0 Å². The van der Waals surface area contributed by atoms with Gasteiger partial charge in [0.15, 0.2) is 0 Å². The van der Waals surface area contributed by atoms with Gasteiger partial charge in [0.1, 0.15) is 14.7 Å². The molecule has 0 aliphatic heterocycles. The van der Waals surface area contributed by atoms with Crippen LogP contribution in [0.2, 0.25) is 0 Å². The number of carbonyl (C=O) groups excluding carboxylic acids is 1. The summed E-state index contributed by atoms with van der Waals surface area (Å²) in [6.45, 7) is 0. The first-order chi connectivity index (χ1) is 23.9. The SMILES string of the molecule is Nc1nc(Nc2ccc(N=Nc3cc(S(=O)(=O)O)c4cccc(S(=O)(=O)O)c4c3)c3cccc(S(=O)(=O)O)c23)nc(-[n+]2cccc(C(=O)[O-])c2)n1.[Na]. The van der Waals surface area contributed by atoms with Gasteiger partial charge < -0.3 is 21.0 Å². The first kappa shape index (κ1) is 38.2. The van der Waals surface area contributed by atoms with E-state index in [-0.39, 0.29) is 91.6 Å². The van der Waals surface area contributed by atoms with E-state index in [1.807, 2.05) is 0 Å². The van der Waals surface area contributed by atoms with Crippen LogP contribution in [0.1, 0.15) is 10.4 Å². The molecule has 2 aromatic heterocycles. The van der Waals surface area contributed by atoms with Crippen molar-refractivity contribution in [1.29, 1.82) is 0 Å². The molecule has 0 aliphatic carbocycles. The minimum Gasteiger partial charge on any atom is -0.545 e. The Hall–Kier alpha value is -5.04. The van der Waals surface area contributed by atoms with Crippen molar-refractivity contribution in [3.63, 3.8) is 0 Å². The molecule has 0 amide bonds. The molecule has 0 spiro atoms. The molecule has 6 rings (SSSR count). The van der Waals surface area contributed by atoms with Gasteiger partial charge in [0.2, 0.25) is 0 Å². The quantitative estimate of drug-likeness (QED) is 0.0606. The van der Waals surface area contributed by atoms with Crippen molar-refractivity contribution in [2.45, 2.75) is 14.7 Å². The predicted molar refractivity (Wildman–Crippen MR) is 181 cm³/mol. The van der Waals surface area contributed by atoms with Crippen LogP contribution >= 0.6 is 0 Å². The number of pyridine rings is 1. The normalized spacial score (nSPS) is 12.2. The molecule has 0 aliphatic rings. The molecule has 19 nitrogen and oxygen atoms in total. The van der Waals surface area contributed by atoms with Gasteiger partial charge in [0, 0.05) is 56.7 Å². The van der Waals surface area contributed by atoms with Crippen molar-refractivity contribution in [2.24, 2.45) is 10.2 Å². The summed E-state index contributed by atoms with van der Waals surface area (Å²) in [6.07, 6.45) is 2.59. The van der Waals surface area contributed by atoms with E-state index < -0.39 is 51.0 Å². The summed E-state index contributed by atoms with van der Waals surface area (Å²) in [7, 11) is -14.7. The number of benzene rings is 4. The number of nitrogen functional groups attached to an aromatic ring is 1. The molecular weight excluding hydrogens is 756 g/mol. The molecule has 0 saturated carbocycles. The third-order valence-corrected chi connectivity index (χ3v) is 9.85. The number of nitrogens with two attached hydrogens (primary N) is 1. The van der Waals surface area contributed by atoms with Gasteiger partial charge in [-0.25, -0.2) is 4.57 Å². The zero-order valence-electron chi connectivity index (χ0n) is 26.2. The van der Waals surface area contributed by atoms with E-state index in [4.69, 9.17) is 5.73 Å². The number of anilines is 3. The summed E-state index contributed by atoms with van der Waals surface area (Å²) in [5, 5.41) is 21.6. The van der Waals surface area contributed by atoms with Crippen LogP contribution in [0, 0.1) is 0 Å². The van der Waals surface area contributed by atoms with Crippen molar-refractivity contribution >= 4 is 116 Å². The Morgan fingerprint density at radius 2 is 1.40 bits per heavy atom. The van der Waals surface area contributed by atoms with E-state index in [0.717, 1.165) is 36.5 Å². The second-order valence-electron chi connectivity index (χ2n) is 10.5. The fourth-order valence-electron chi connectivity index (χ4n) is 5.07. The predicted octanol–water partition coefficient (Wildman–Crippen LogP) is 1.92. The second-order valence-corrected chi connectivity index (χ2v) is 14.6. The summed E-state index contributed by atoms with van der Waals surface area (Å²) in [5.41, 5.74) is 5.35. The standard InChI is InChI=1S/C29H20N8O11S3.Na/c30-27-32-28(34-29(33-27)37-11-3-4-15(14-37)26(38)39)31-21-10-9-20(18-6-2-8-23(25(18)21)50(43,44)45)36-35-16-12-19-17(24(13-16)51(46,47)48)5-1-7-22(19)49(40,41)42;/h1-14H,(H6-,30,31,32,33,34,35,38,39,40,41,42,43,44,45,46,47,48);. The topological polar surface area (TPSA) is 309 Å². The summed E-state index contributed by atoms with van der Waals surface area (Å²) in [4.78, 5) is 21.6. The fourth-order valence-corrected chi connectivity index (χ4v) is 7.23. The van der Waals surface area contributed by atoms with Crippen LogP contribution in [0.25, 0.3) is 27.5 Å². The van der Waals surface area contributed by atoms with Crippen LogP contribution in [0.3, 0.4) is 0 Å². The van der Waals surface area contributed by atoms with Gasteiger partial charge in [0.05, 0.1) is 35.4 Å². The number of aromatic carboxylic acids is 1. The molecule has 261 valence electrons. The molecule has 2 heterocycles. The number of rotatable bonds is 9. The number of nitrogens with zero attached hydrogens (tertiary/aromatic N) is 6. The van der Waals surface area contributed by atoms with Crippen molar-refractivity contribution in [2.75, 3.05) is 11.1 Å². The van der Waals surface area contributed by atoms with E-state index in [9.17, 15) is 48.8 Å². The molecule has 52 heavy (non-hydrogen) atoms. The van der Waals surface area contributed by atoms with Crippen molar-refractivity contribution in [3.05, 3.63) is 90.8 Å². The number of aromatic nitrogens is 4. The third-order valence-electron chi connectivity index (χ3n) is 7.14. The Morgan fingerprint density at radius 1 is 0.750 bits per heavy atom. The fraction of sp³-hybridized carbons (Fsp3) is 0. The number of hydrogen-bond acceptors (Lipinski definition) is 15. The molecule has 0 fully saturated rings. The van der Waals surface area contributed by atoms with Gasteiger partial charge in [0.25, 0.3) is 30.4 Å². The molecule has 0 unspecified atom stereocenters. The molecule has 0 saturated heterocycles. The van der Waals surface area contributed by atoms with Gasteiger partial charge in [-0.05, 0) is 58.5 Å². The molecule has 1 radical (unpaired) electrons. The Kier molecular flexibility index (Phi) is 10.4. The molecule has 0 bridgehead atoms. The van der Waals surface area contributed by atoms with E-state index in [1.54, 1.807) is 0 Å². The Labute approximate surface area is 315 Å². The summed E-state index contributed by atoms with van der Waals surface area (Å²) < 4.78 is 104. The Balaban J connectivity index is 0.00000523. The molecule has 23 heteroatoms. The molecule has 4 aromatic carbocycles. The molecule has 6 N–H and O–H groups in total. The number of carbonyl (C=O) groups is 1. The monoisotopic (exact) mass is 775 g/mol. The summed E-state index contributed by atoms with van der Waals surface area (Å²) in [5.74, 6) is -2.13. The number of azo groups is 1. The minimum absolute atomic E-state index is 0. The van der Waals surface area contributed by atoms with Crippen LogP contribution in [0.4, 0.5) is 29.0 Å². The number of carboxylic acid groups (broad SMARTS) is 1. The minimum atomic E-state index is -4.96. The van der Waals surface area contributed by atoms with Crippen LogP contribution in [-0.2, 0) is 30.4 Å². The maximum atomic E-state index is 12.5. The van der Waals surface area contributed by atoms with Gasteiger partial charge in [-0.15, -0.1) is 10.1 Å². The zero-order valence-corrected chi connectivity index (χ0v) is 30.6. The first-order valence-electron chi connectivity index (χ1n) is 13.9. The van der Waals surface area contributed by atoms with Gasteiger partial charge in [-0.2, -0.15) is 30.4 Å². The number of nitrogens with one attached hydrogen (secondary N) is 1. The number of carboxylic acids is 1. The van der Waals surface area contributed by atoms with Crippen molar-refractivity contribution in [3.8, 4) is 5.95 Å². The van der Waals surface area contributed by atoms with Crippen molar-refractivity contribution < 1.29 is 53.4 Å². The van der Waals surface area contributed by atoms with E-state index >= 15 is 0 Å². The van der Waals surface area contributed by atoms with Crippen LogP contribution in [0.5, 0.6) is 0 Å². The van der Waals surface area contributed by atoms with Crippen LogP contribution in [0.15, 0.2) is 110 Å². The third kappa shape index (κ3) is 7.89.